The second kappa shape index (κ2) is 5.12. The molecule has 1 heterocycles. The van der Waals surface area contributed by atoms with Crippen molar-refractivity contribution in [1.29, 1.82) is 0 Å². The normalized spacial score (nSPS) is 15.6. The maximum atomic E-state index is 12.7. The molecule has 1 aromatic carbocycles. The Labute approximate surface area is 128 Å². The number of nitrogens with zero attached hydrogens (tertiary/aromatic N) is 1. The summed E-state index contributed by atoms with van der Waals surface area (Å²) in [6.07, 6.45) is -4.54. The molecule has 0 aliphatic carbocycles. The van der Waals surface area contributed by atoms with E-state index in [9.17, 15) is 22.8 Å². The van der Waals surface area contributed by atoms with Crippen LogP contribution in [0.5, 0.6) is 0 Å². The van der Waals surface area contributed by atoms with Crippen LogP contribution in [0.1, 0.15) is 29.8 Å². The minimum absolute atomic E-state index is 0.180. The molecule has 7 heteroatoms. The minimum Gasteiger partial charge on any atom is -0.304 e. The van der Waals surface area contributed by atoms with E-state index >= 15 is 0 Å². The van der Waals surface area contributed by atoms with Crippen molar-refractivity contribution in [2.45, 2.75) is 20.0 Å². The van der Waals surface area contributed by atoms with Gasteiger partial charge in [-0.25, -0.2) is 0 Å². The summed E-state index contributed by atoms with van der Waals surface area (Å²) >= 11 is 3.32. The Kier molecular flexibility index (Phi) is 3.90. The fourth-order valence-electron chi connectivity index (χ4n) is 2.10. The molecule has 0 aromatic heterocycles. The average Bonchev–Trinajstić information content (AvgIpc) is 2.62. The third kappa shape index (κ3) is 2.97. The van der Waals surface area contributed by atoms with Crippen molar-refractivity contribution in [3.8, 4) is 0 Å². The summed E-state index contributed by atoms with van der Waals surface area (Å²) in [5.74, 6) is -1.67. The van der Waals surface area contributed by atoms with Crippen molar-refractivity contribution in [2.24, 2.45) is 5.41 Å². The standard InChI is InChI=1S/C14H13BrF3NO2/c1-13(2,6-15)7-19-10-4-3-8(14(16,17)18)5-9(10)11(20)12(19)21/h3-5H,6-7H2,1-2H3. The van der Waals surface area contributed by atoms with Crippen molar-refractivity contribution in [1.82, 2.24) is 0 Å². The van der Waals surface area contributed by atoms with E-state index < -0.39 is 23.4 Å². The second-order valence-corrected chi connectivity index (χ2v) is 6.31. The van der Waals surface area contributed by atoms with Gasteiger partial charge in [0.2, 0.25) is 0 Å². The number of fused-ring (bicyclic) bond motifs is 1. The van der Waals surface area contributed by atoms with Crippen molar-refractivity contribution in [2.75, 3.05) is 16.8 Å². The van der Waals surface area contributed by atoms with Gasteiger partial charge in [0.05, 0.1) is 16.8 Å². The summed E-state index contributed by atoms with van der Waals surface area (Å²) in [6, 6.07) is 2.82. The predicted molar refractivity (Wildman–Crippen MR) is 75.7 cm³/mol. The molecule has 0 bridgehead atoms. The molecule has 3 nitrogen and oxygen atoms in total. The third-order valence-corrected chi connectivity index (χ3v) is 4.76. The van der Waals surface area contributed by atoms with E-state index in [4.69, 9.17) is 0 Å². The SMILES string of the molecule is CC(C)(CBr)CN1C(=O)C(=O)c2cc(C(F)(F)F)ccc21. The molecule has 0 saturated heterocycles. The summed E-state index contributed by atoms with van der Waals surface area (Å²) in [5.41, 5.74) is -1.17. The molecule has 1 aliphatic rings. The molecule has 21 heavy (non-hydrogen) atoms. The molecule has 1 aromatic rings. The number of amides is 1. The Hall–Kier alpha value is -1.37. The predicted octanol–water partition coefficient (Wildman–Crippen LogP) is 3.66. The molecule has 1 aliphatic heterocycles. The fourth-order valence-corrected chi connectivity index (χ4v) is 2.28. The summed E-state index contributed by atoms with van der Waals surface area (Å²) in [6.45, 7) is 4.03. The first-order valence-corrected chi connectivity index (χ1v) is 7.32. The molecule has 2 rings (SSSR count). The van der Waals surface area contributed by atoms with Crippen LogP contribution in [-0.4, -0.2) is 23.6 Å². The highest BCUT2D eigenvalue weighted by Gasteiger charge is 2.40. The largest absolute Gasteiger partial charge is 0.416 e. The molecule has 114 valence electrons. The Balaban J connectivity index is 2.44. The van der Waals surface area contributed by atoms with Crippen molar-refractivity contribution in [3.05, 3.63) is 29.3 Å². The number of Topliss-reactive ketones (excluding diaryl/α,β-unsaturated/α-hetero) is 1. The smallest absolute Gasteiger partial charge is 0.304 e. The van der Waals surface area contributed by atoms with Gasteiger partial charge in [0.25, 0.3) is 11.7 Å². The van der Waals surface area contributed by atoms with Crippen LogP contribution in [0.2, 0.25) is 0 Å². The number of rotatable bonds is 3. The van der Waals surface area contributed by atoms with Gasteiger partial charge in [0.1, 0.15) is 0 Å². The van der Waals surface area contributed by atoms with Crippen LogP contribution in [0, 0.1) is 5.41 Å². The van der Waals surface area contributed by atoms with E-state index in [1.54, 1.807) is 0 Å². The molecule has 0 atom stereocenters. The van der Waals surface area contributed by atoms with Gasteiger partial charge in [-0.05, 0) is 23.6 Å². The third-order valence-electron chi connectivity index (χ3n) is 3.25. The van der Waals surface area contributed by atoms with E-state index in [1.165, 1.54) is 11.0 Å². The molecule has 0 N–H and O–H groups in total. The molecule has 0 fully saturated rings. The maximum Gasteiger partial charge on any atom is 0.416 e. The van der Waals surface area contributed by atoms with Crippen LogP contribution in [0.15, 0.2) is 18.2 Å². The Morgan fingerprint density at radius 1 is 1.19 bits per heavy atom. The minimum atomic E-state index is -4.54. The van der Waals surface area contributed by atoms with Gasteiger partial charge in [0, 0.05) is 11.9 Å². The van der Waals surface area contributed by atoms with E-state index in [-0.39, 0.29) is 23.2 Å². The number of hydrogen-bond acceptors (Lipinski definition) is 2. The van der Waals surface area contributed by atoms with Gasteiger partial charge < -0.3 is 4.90 Å². The van der Waals surface area contributed by atoms with Crippen LogP contribution >= 0.6 is 15.9 Å². The lowest BCUT2D eigenvalue weighted by Crippen LogP contribution is -2.38. The molecule has 0 radical (unpaired) electrons. The van der Waals surface area contributed by atoms with Crippen LogP contribution in [-0.2, 0) is 11.0 Å². The monoisotopic (exact) mass is 363 g/mol. The molecular weight excluding hydrogens is 351 g/mol. The number of alkyl halides is 4. The molecule has 0 saturated carbocycles. The zero-order valence-corrected chi connectivity index (χ0v) is 13.0. The van der Waals surface area contributed by atoms with Crippen molar-refractivity contribution >= 4 is 33.3 Å². The van der Waals surface area contributed by atoms with Gasteiger partial charge in [-0.15, -0.1) is 0 Å². The number of benzene rings is 1. The van der Waals surface area contributed by atoms with Crippen LogP contribution in [0.3, 0.4) is 0 Å². The first kappa shape index (κ1) is 16.0. The quantitative estimate of drug-likeness (QED) is 0.607. The molecule has 1 amide bonds. The van der Waals surface area contributed by atoms with E-state index in [0.717, 1.165) is 12.1 Å². The lowest BCUT2D eigenvalue weighted by atomic mass is 9.96. The Morgan fingerprint density at radius 3 is 2.33 bits per heavy atom. The molecule has 0 unspecified atom stereocenters. The summed E-state index contributed by atoms with van der Waals surface area (Å²) in [7, 11) is 0. The molecule has 0 spiro atoms. The maximum absolute atomic E-state index is 12.7. The second-order valence-electron chi connectivity index (χ2n) is 5.75. The fraction of sp³-hybridized carbons (Fsp3) is 0.429. The van der Waals surface area contributed by atoms with Crippen molar-refractivity contribution in [3.63, 3.8) is 0 Å². The first-order chi connectivity index (χ1) is 9.57. The Morgan fingerprint density at radius 2 is 1.81 bits per heavy atom. The highest BCUT2D eigenvalue weighted by atomic mass is 79.9. The van der Waals surface area contributed by atoms with Gasteiger partial charge in [0.15, 0.2) is 0 Å². The lowest BCUT2D eigenvalue weighted by Gasteiger charge is -2.28. The highest BCUT2D eigenvalue weighted by Crippen LogP contribution is 2.37. The van der Waals surface area contributed by atoms with Crippen LogP contribution in [0.25, 0.3) is 0 Å². The number of ketones is 1. The lowest BCUT2D eigenvalue weighted by molar-refractivity contribution is -0.137. The number of carbonyl (C=O) groups excluding carboxylic acids is 2. The van der Waals surface area contributed by atoms with E-state index in [2.05, 4.69) is 15.9 Å². The van der Waals surface area contributed by atoms with Crippen molar-refractivity contribution < 1.29 is 22.8 Å². The van der Waals surface area contributed by atoms with E-state index in [0.29, 0.717) is 5.33 Å². The zero-order valence-electron chi connectivity index (χ0n) is 11.4. The summed E-state index contributed by atoms with van der Waals surface area (Å²) in [4.78, 5) is 25.1. The Bertz CT molecular complexity index is 611. The number of carbonyl (C=O) groups is 2. The average molecular weight is 364 g/mol. The van der Waals surface area contributed by atoms with Gasteiger partial charge >= 0.3 is 6.18 Å². The van der Waals surface area contributed by atoms with Crippen LogP contribution < -0.4 is 4.90 Å². The summed E-state index contributed by atoms with van der Waals surface area (Å²) in [5, 5.41) is 0.591. The zero-order chi connectivity index (χ0) is 16.0. The van der Waals surface area contributed by atoms with Gasteiger partial charge in [-0.1, -0.05) is 29.8 Å². The highest BCUT2D eigenvalue weighted by molar-refractivity contribution is 9.09. The topological polar surface area (TPSA) is 37.4 Å². The first-order valence-electron chi connectivity index (χ1n) is 6.20. The number of anilines is 1. The van der Waals surface area contributed by atoms with Gasteiger partial charge in [-0.3, -0.25) is 9.59 Å². The number of halogens is 4. The van der Waals surface area contributed by atoms with E-state index in [1.807, 2.05) is 13.8 Å². The van der Waals surface area contributed by atoms with Crippen LogP contribution in [0.4, 0.5) is 18.9 Å². The number of hydrogen-bond donors (Lipinski definition) is 0. The molecular formula is C14H13BrF3NO2. The summed E-state index contributed by atoms with van der Waals surface area (Å²) < 4.78 is 38.1. The van der Waals surface area contributed by atoms with Gasteiger partial charge in [-0.2, -0.15) is 13.2 Å².